The lowest BCUT2D eigenvalue weighted by atomic mass is 10.2. The van der Waals surface area contributed by atoms with E-state index in [0.717, 1.165) is 25.8 Å². The third-order valence-electron chi connectivity index (χ3n) is 3.41. The van der Waals surface area contributed by atoms with Gasteiger partial charge in [0, 0.05) is 25.5 Å². The molecule has 0 saturated carbocycles. The van der Waals surface area contributed by atoms with Gasteiger partial charge < -0.3 is 14.1 Å². The first-order chi connectivity index (χ1) is 9.58. The second-order valence-corrected chi connectivity index (χ2v) is 5.19. The van der Waals surface area contributed by atoms with E-state index in [1.807, 2.05) is 4.90 Å². The van der Waals surface area contributed by atoms with Crippen molar-refractivity contribution in [1.29, 1.82) is 0 Å². The van der Waals surface area contributed by atoms with E-state index in [-0.39, 0.29) is 12.0 Å². The quantitative estimate of drug-likeness (QED) is 0.828. The summed E-state index contributed by atoms with van der Waals surface area (Å²) in [6.07, 6.45) is 3.33. The van der Waals surface area contributed by atoms with Crippen LogP contribution in [0, 0.1) is 6.92 Å². The number of unbranched alkanes of at least 4 members (excludes halogenated alkanes) is 1. The Morgan fingerprint density at radius 2 is 2.30 bits per heavy atom. The Kier molecular flexibility index (Phi) is 4.82. The summed E-state index contributed by atoms with van der Waals surface area (Å²) in [4.78, 5) is 25.0. The Morgan fingerprint density at radius 3 is 3.00 bits per heavy atom. The van der Waals surface area contributed by atoms with Gasteiger partial charge in [-0.05, 0) is 13.3 Å². The Morgan fingerprint density at radius 1 is 1.50 bits per heavy atom. The van der Waals surface area contributed by atoms with Crippen LogP contribution in [0.5, 0.6) is 5.75 Å². The molecule has 1 aliphatic rings. The van der Waals surface area contributed by atoms with Crippen LogP contribution in [0.25, 0.3) is 0 Å². The van der Waals surface area contributed by atoms with Gasteiger partial charge in [0.15, 0.2) is 0 Å². The molecule has 2 heterocycles. The van der Waals surface area contributed by atoms with Gasteiger partial charge in [-0.1, -0.05) is 13.3 Å². The molecule has 1 amide bonds. The highest BCUT2D eigenvalue weighted by molar-refractivity contribution is 5.76. The number of carbonyl (C=O) groups excluding carboxylic acids is 1. The van der Waals surface area contributed by atoms with Gasteiger partial charge in [-0.2, -0.15) is 0 Å². The molecule has 5 heteroatoms. The predicted octanol–water partition coefficient (Wildman–Crippen LogP) is 2.12. The number of likely N-dealkylation sites (tertiary alicyclic amines) is 1. The minimum Gasteiger partial charge on any atom is -0.488 e. The van der Waals surface area contributed by atoms with E-state index >= 15 is 0 Å². The SMILES string of the molecule is CCCCC(=O)N1CCC(Oc2cc(C)oc(=O)c2)C1. The fourth-order valence-corrected chi connectivity index (χ4v) is 2.37. The van der Waals surface area contributed by atoms with Gasteiger partial charge in [0.25, 0.3) is 0 Å². The van der Waals surface area contributed by atoms with Crippen LogP contribution in [0.3, 0.4) is 0 Å². The lowest BCUT2D eigenvalue weighted by molar-refractivity contribution is -0.130. The van der Waals surface area contributed by atoms with Crippen LogP contribution in [0.1, 0.15) is 38.4 Å². The van der Waals surface area contributed by atoms with Crippen molar-refractivity contribution in [2.45, 2.75) is 45.6 Å². The average Bonchev–Trinajstić information content (AvgIpc) is 2.83. The molecule has 0 N–H and O–H groups in total. The molecule has 2 rings (SSSR count). The molecular formula is C15H21NO4. The Hall–Kier alpha value is -1.78. The van der Waals surface area contributed by atoms with Gasteiger partial charge in [0.05, 0.1) is 12.6 Å². The highest BCUT2D eigenvalue weighted by Gasteiger charge is 2.27. The lowest BCUT2D eigenvalue weighted by Crippen LogP contribution is -2.30. The Balaban J connectivity index is 1.90. The summed E-state index contributed by atoms with van der Waals surface area (Å²) in [5, 5.41) is 0. The number of ether oxygens (including phenoxy) is 1. The molecule has 1 aromatic rings. The molecule has 0 spiro atoms. The third kappa shape index (κ3) is 3.85. The Labute approximate surface area is 118 Å². The number of hydrogen-bond acceptors (Lipinski definition) is 4. The molecule has 1 fully saturated rings. The van der Waals surface area contributed by atoms with E-state index in [1.54, 1.807) is 13.0 Å². The molecule has 0 aromatic carbocycles. The number of aryl methyl sites for hydroxylation is 1. The van der Waals surface area contributed by atoms with E-state index in [9.17, 15) is 9.59 Å². The zero-order valence-corrected chi connectivity index (χ0v) is 12.1. The second kappa shape index (κ2) is 6.59. The lowest BCUT2D eigenvalue weighted by Gasteiger charge is -2.17. The minimum absolute atomic E-state index is 0.0400. The van der Waals surface area contributed by atoms with Crippen LogP contribution in [0.4, 0.5) is 0 Å². The number of amides is 1. The summed E-state index contributed by atoms with van der Waals surface area (Å²) in [7, 11) is 0. The molecular weight excluding hydrogens is 258 g/mol. The summed E-state index contributed by atoms with van der Waals surface area (Å²) in [6.45, 7) is 5.12. The van der Waals surface area contributed by atoms with E-state index in [2.05, 4.69) is 6.92 Å². The summed E-state index contributed by atoms with van der Waals surface area (Å²) in [6, 6.07) is 3.04. The van der Waals surface area contributed by atoms with Crippen molar-refractivity contribution < 1.29 is 13.9 Å². The van der Waals surface area contributed by atoms with Crippen molar-refractivity contribution in [3.8, 4) is 5.75 Å². The molecule has 1 aromatic heterocycles. The molecule has 0 radical (unpaired) electrons. The molecule has 110 valence electrons. The highest BCUT2D eigenvalue weighted by atomic mass is 16.5. The first kappa shape index (κ1) is 14.6. The van der Waals surface area contributed by atoms with E-state index < -0.39 is 5.63 Å². The first-order valence-electron chi connectivity index (χ1n) is 7.14. The summed E-state index contributed by atoms with van der Waals surface area (Å²) in [5.74, 6) is 1.25. The monoisotopic (exact) mass is 279 g/mol. The predicted molar refractivity (Wildman–Crippen MR) is 74.9 cm³/mol. The van der Waals surface area contributed by atoms with Crippen LogP contribution < -0.4 is 10.4 Å². The number of rotatable bonds is 5. The number of hydrogen-bond donors (Lipinski definition) is 0. The summed E-state index contributed by atoms with van der Waals surface area (Å²) < 4.78 is 10.7. The normalized spacial score (nSPS) is 18.3. The number of nitrogens with zero attached hydrogens (tertiary/aromatic N) is 1. The standard InChI is InChI=1S/C15H21NO4/c1-3-4-5-14(17)16-7-6-12(10-16)20-13-8-11(2)19-15(18)9-13/h8-9,12H,3-7,10H2,1-2H3. The zero-order valence-electron chi connectivity index (χ0n) is 12.1. The maximum atomic E-state index is 11.9. The van der Waals surface area contributed by atoms with Gasteiger partial charge in [-0.15, -0.1) is 0 Å². The molecule has 0 bridgehead atoms. The van der Waals surface area contributed by atoms with Crippen LogP contribution in [0.2, 0.25) is 0 Å². The smallest absolute Gasteiger partial charge is 0.339 e. The van der Waals surface area contributed by atoms with Gasteiger partial charge in [0.1, 0.15) is 17.6 Å². The third-order valence-corrected chi connectivity index (χ3v) is 3.41. The van der Waals surface area contributed by atoms with Crippen molar-refractivity contribution >= 4 is 5.91 Å². The maximum Gasteiger partial charge on any atom is 0.339 e. The van der Waals surface area contributed by atoms with Gasteiger partial charge in [0.2, 0.25) is 5.91 Å². The highest BCUT2D eigenvalue weighted by Crippen LogP contribution is 2.19. The average molecular weight is 279 g/mol. The van der Waals surface area contributed by atoms with Crippen LogP contribution in [-0.2, 0) is 4.79 Å². The fraction of sp³-hybridized carbons (Fsp3) is 0.600. The first-order valence-corrected chi connectivity index (χ1v) is 7.14. The van der Waals surface area contributed by atoms with E-state index in [4.69, 9.17) is 9.15 Å². The minimum atomic E-state index is -0.408. The van der Waals surface area contributed by atoms with Crippen molar-refractivity contribution in [3.63, 3.8) is 0 Å². The molecule has 20 heavy (non-hydrogen) atoms. The fourth-order valence-electron chi connectivity index (χ4n) is 2.37. The van der Waals surface area contributed by atoms with Gasteiger partial charge in [-0.25, -0.2) is 4.79 Å². The van der Waals surface area contributed by atoms with Crippen LogP contribution in [-0.4, -0.2) is 30.0 Å². The molecule has 1 unspecified atom stereocenters. The molecule has 0 aliphatic carbocycles. The molecule has 1 aliphatic heterocycles. The van der Waals surface area contributed by atoms with Crippen molar-refractivity contribution in [2.75, 3.05) is 13.1 Å². The van der Waals surface area contributed by atoms with Crippen molar-refractivity contribution in [1.82, 2.24) is 4.90 Å². The van der Waals surface area contributed by atoms with Crippen molar-refractivity contribution in [3.05, 3.63) is 28.3 Å². The van der Waals surface area contributed by atoms with Crippen LogP contribution in [0.15, 0.2) is 21.3 Å². The van der Waals surface area contributed by atoms with E-state index in [1.165, 1.54) is 6.07 Å². The number of carbonyl (C=O) groups is 1. The van der Waals surface area contributed by atoms with Crippen molar-refractivity contribution in [2.24, 2.45) is 0 Å². The topological polar surface area (TPSA) is 59.8 Å². The maximum absolute atomic E-state index is 11.9. The summed E-state index contributed by atoms with van der Waals surface area (Å²) in [5.41, 5.74) is -0.408. The van der Waals surface area contributed by atoms with Gasteiger partial charge in [-0.3, -0.25) is 4.79 Å². The second-order valence-electron chi connectivity index (χ2n) is 5.19. The Bertz CT molecular complexity index is 523. The largest absolute Gasteiger partial charge is 0.488 e. The molecule has 5 nitrogen and oxygen atoms in total. The zero-order chi connectivity index (χ0) is 14.5. The summed E-state index contributed by atoms with van der Waals surface area (Å²) >= 11 is 0. The molecule has 1 saturated heterocycles. The van der Waals surface area contributed by atoms with E-state index in [0.29, 0.717) is 24.5 Å². The van der Waals surface area contributed by atoms with Crippen LogP contribution >= 0.6 is 0 Å². The molecule has 1 atom stereocenters. The van der Waals surface area contributed by atoms with Gasteiger partial charge >= 0.3 is 5.63 Å².